The third-order valence-corrected chi connectivity index (χ3v) is 3.23. The monoisotopic (exact) mass is 178 g/mol. The van der Waals surface area contributed by atoms with Crippen molar-refractivity contribution in [2.24, 2.45) is 0 Å². The van der Waals surface area contributed by atoms with Crippen LogP contribution in [-0.2, 0) is 13.6 Å². The van der Waals surface area contributed by atoms with Gasteiger partial charge in [0.2, 0.25) is 0 Å². The van der Waals surface area contributed by atoms with Crippen LogP contribution >= 0.6 is 7.60 Å². The zero-order valence-electron chi connectivity index (χ0n) is 6.77. The van der Waals surface area contributed by atoms with Crippen molar-refractivity contribution >= 4 is 13.0 Å². The van der Waals surface area contributed by atoms with E-state index in [4.69, 9.17) is 5.53 Å². The van der Waals surface area contributed by atoms with Gasteiger partial charge in [0.05, 0.1) is 6.42 Å². The molecule has 0 saturated carbocycles. The topological polar surface area (TPSA) is 71.9 Å². The molecule has 0 heterocycles. The second kappa shape index (κ2) is 4.42. The van der Waals surface area contributed by atoms with Crippen molar-refractivity contribution in [3.8, 4) is 0 Å². The first-order chi connectivity index (χ1) is 5.14. The van der Waals surface area contributed by atoms with Gasteiger partial charge >= 0.3 is 13.0 Å². The van der Waals surface area contributed by atoms with Crippen LogP contribution in [0, 0.1) is 0 Å². The average molecular weight is 178 g/mol. The van der Waals surface area contributed by atoms with Crippen LogP contribution in [0.15, 0.2) is 0 Å². The lowest BCUT2D eigenvalue weighted by Crippen LogP contribution is -2.03. The summed E-state index contributed by atoms with van der Waals surface area (Å²) in [6, 6.07) is 0. The van der Waals surface area contributed by atoms with E-state index in [9.17, 15) is 4.57 Å². The van der Waals surface area contributed by atoms with Crippen LogP contribution in [-0.4, -0.2) is 24.5 Å². The molecular formula is C5H11N2O3P. The van der Waals surface area contributed by atoms with Crippen LogP contribution < -0.4 is 0 Å². The van der Waals surface area contributed by atoms with Crippen LogP contribution in [0.1, 0.15) is 13.3 Å². The summed E-state index contributed by atoms with van der Waals surface area (Å²) in [6.07, 6.45) is 0.329. The molecule has 0 radical (unpaired) electrons. The van der Waals surface area contributed by atoms with Gasteiger partial charge in [-0.25, -0.2) is 4.57 Å². The number of rotatable bonds is 4. The van der Waals surface area contributed by atoms with Gasteiger partial charge in [0.15, 0.2) is 0 Å². The summed E-state index contributed by atoms with van der Waals surface area (Å²) in [4.78, 5) is 2.82. The normalized spacial score (nSPS) is 10.8. The number of hydrogen-bond acceptors (Lipinski definition) is 3. The highest BCUT2D eigenvalue weighted by molar-refractivity contribution is 7.71. The summed E-state index contributed by atoms with van der Waals surface area (Å²) in [5, 5.41) is 0. The van der Waals surface area contributed by atoms with Gasteiger partial charge in [0.1, 0.15) is 0 Å². The summed E-state index contributed by atoms with van der Waals surface area (Å²) in [5.74, 6) is 0. The second-order valence-corrected chi connectivity index (χ2v) is 3.97. The van der Waals surface area contributed by atoms with Gasteiger partial charge < -0.3 is 14.6 Å². The fraction of sp³-hybridized carbons (Fsp3) is 0.800. The molecule has 0 N–H and O–H groups in total. The third kappa shape index (κ3) is 2.24. The summed E-state index contributed by atoms with van der Waals surface area (Å²) < 4.78 is 20.5. The number of nitrogens with zero attached hydrogens (tertiary/aromatic N) is 2. The maximum absolute atomic E-state index is 11.4. The summed E-state index contributed by atoms with van der Waals surface area (Å²) in [5.41, 5.74) is 8.41. The molecule has 0 aliphatic heterocycles. The predicted molar refractivity (Wildman–Crippen MR) is 40.5 cm³/mol. The second-order valence-electron chi connectivity index (χ2n) is 1.73. The van der Waals surface area contributed by atoms with Crippen molar-refractivity contribution in [2.75, 3.05) is 14.2 Å². The van der Waals surface area contributed by atoms with E-state index in [2.05, 4.69) is 13.8 Å². The van der Waals surface area contributed by atoms with Gasteiger partial charge in [0, 0.05) is 14.2 Å². The molecule has 0 bridgehead atoms. The highest BCUT2D eigenvalue weighted by Crippen LogP contribution is 2.47. The standard InChI is InChI=1S/C5H11N2O3P/c1-4-5(7-6)11(8,9-2)10-3/h4H2,1-3H3. The van der Waals surface area contributed by atoms with Crippen LogP contribution in [0.3, 0.4) is 0 Å². The Labute approximate surface area is 65.5 Å². The van der Waals surface area contributed by atoms with Gasteiger partial charge in [-0.15, -0.1) is 0 Å². The van der Waals surface area contributed by atoms with E-state index in [1.54, 1.807) is 6.92 Å². The fourth-order valence-corrected chi connectivity index (χ4v) is 1.67. The molecule has 0 fully saturated rings. The molecule has 6 heteroatoms. The van der Waals surface area contributed by atoms with Crippen LogP contribution in [0.4, 0.5) is 0 Å². The Balaban J connectivity index is 4.77. The van der Waals surface area contributed by atoms with E-state index < -0.39 is 7.60 Å². The Morgan fingerprint density at radius 3 is 2.09 bits per heavy atom. The first kappa shape index (κ1) is 10.5. The van der Waals surface area contributed by atoms with Crippen molar-refractivity contribution in [2.45, 2.75) is 13.3 Å². The molecule has 11 heavy (non-hydrogen) atoms. The quantitative estimate of drug-likeness (QED) is 0.283. The molecule has 64 valence electrons. The van der Waals surface area contributed by atoms with Crippen molar-refractivity contribution in [1.29, 1.82) is 0 Å². The minimum Gasteiger partial charge on any atom is -0.361 e. The maximum Gasteiger partial charge on any atom is 0.436 e. The number of hydrogen-bond donors (Lipinski definition) is 0. The van der Waals surface area contributed by atoms with Crippen LogP contribution in [0.2, 0.25) is 0 Å². The predicted octanol–water partition coefficient (Wildman–Crippen LogP) is 1.51. The highest BCUT2D eigenvalue weighted by Gasteiger charge is 2.35. The highest BCUT2D eigenvalue weighted by atomic mass is 31.2. The van der Waals surface area contributed by atoms with Crippen LogP contribution in [0.25, 0.3) is 5.53 Å². The van der Waals surface area contributed by atoms with Gasteiger partial charge in [0.25, 0.3) is 0 Å². The Hall–Kier alpha value is -0.470. The molecule has 0 saturated heterocycles. The fourth-order valence-electron chi connectivity index (χ4n) is 0.604. The van der Waals surface area contributed by atoms with E-state index in [0.717, 1.165) is 0 Å². The third-order valence-electron chi connectivity index (χ3n) is 1.23. The molecule has 0 unspecified atom stereocenters. The minimum atomic E-state index is -3.29. The molecule has 0 rings (SSSR count). The van der Waals surface area contributed by atoms with Gasteiger partial charge in [-0.2, -0.15) is 4.79 Å². The van der Waals surface area contributed by atoms with E-state index in [1.165, 1.54) is 14.2 Å². The average Bonchev–Trinajstić information content (AvgIpc) is 2.06. The molecular weight excluding hydrogens is 167 g/mol. The van der Waals surface area contributed by atoms with Crippen molar-refractivity contribution in [1.82, 2.24) is 0 Å². The lowest BCUT2D eigenvalue weighted by Gasteiger charge is -2.06. The Morgan fingerprint density at radius 1 is 1.55 bits per heavy atom. The Bertz CT molecular complexity index is 214. The van der Waals surface area contributed by atoms with Crippen molar-refractivity contribution < 1.29 is 18.4 Å². The van der Waals surface area contributed by atoms with E-state index in [1.807, 2.05) is 0 Å². The molecule has 0 aliphatic carbocycles. The molecule has 0 aromatic heterocycles. The summed E-state index contributed by atoms with van der Waals surface area (Å²) >= 11 is 0. The Morgan fingerprint density at radius 2 is 2.00 bits per heavy atom. The van der Waals surface area contributed by atoms with E-state index >= 15 is 0 Å². The van der Waals surface area contributed by atoms with Crippen molar-refractivity contribution in [3.63, 3.8) is 0 Å². The molecule has 0 aromatic carbocycles. The summed E-state index contributed by atoms with van der Waals surface area (Å²) in [7, 11) is -0.809. The van der Waals surface area contributed by atoms with Gasteiger partial charge in [-0.05, 0) is 0 Å². The molecule has 0 amide bonds. The molecule has 0 aromatic rings. The zero-order valence-corrected chi connectivity index (χ0v) is 7.67. The zero-order chi connectivity index (χ0) is 8.91. The molecule has 5 nitrogen and oxygen atoms in total. The largest absolute Gasteiger partial charge is 0.436 e. The summed E-state index contributed by atoms with van der Waals surface area (Å²) in [6.45, 7) is 1.69. The lowest BCUT2D eigenvalue weighted by molar-refractivity contribution is -0.00578. The SMILES string of the molecule is CCC(=[N+]=[N-])P(=O)(OC)OC. The maximum atomic E-state index is 11.4. The first-order valence-corrected chi connectivity index (χ1v) is 4.61. The first-order valence-electron chi connectivity index (χ1n) is 3.07. The van der Waals surface area contributed by atoms with E-state index in [-0.39, 0.29) is 5.45 Å². The van der Waals surface area contributed by atoms with E-state index in [0.29, 0.717) is 6.42 Å². The van der Waals surface area contributed by atoms with Gasteiger partial charge in [-0.3, -0.25) is 0 Å². The van der Waals surface area contributed by atoms with Crippen LogP contribution in [0.5, 0.6) is 0 Å². The molecule has 0 aliphatic rings. The minimum absolute atomic E-state index is 0.0301. The molecule has 0 spiro atoms. The smallest absolute Gasteiger partial charge is 0.361 e. The Kier molecular flexibility index (Phi) is 4.23. The van der Waals surface area contributed by atoms with Gasteiger partial charge in [-0.1, -0.05) is 6.92 Å². The van der Waals surface area contributed by atoms with Crippen molar-refractivity contribution in [3.05, 3.63) is 5.53 Å². The lowest BCUT2D eigenvalue weighted by atomic mass is 10.5. The molecule has 0 atom stereocenters.